The summed E-state index contributed by atoms with van der Waals surface area (Å²) in [7, 11) is 0. The van der Waals surface area contributed by atoms with E-state index in [0.29, 0.717) is 13.0 Å². The Hall–Kier alpha value is -1.32. The van der Waals surface area contributed by atoms with Gasteiger partial charge in [0.2, 0.25) is 5.91 Å². The normalized spacial score (nSPS) is 21.7. The van der Waals surface area contributed by atoms with Crippen LogP contribution in [0.1, 0.15) is 12.8 Å². The lowest BCUT2D eigenvalue weighted by Gasteiger charge is -2.06. The maximum absolute atomic E-state index is 11.0. The molecule has 1 rings (SSSR count). The van der Waals surface area contributed by atoms with Gasteiger partial charge in [0, 0.05) is 12.8 Å². The molecule has 0 aromatic carbocycles. The fourth-order valence-electron chi connectivity index (χ4n) is 1.01. The Bertz CT molecular complexity index is 212. The van der Waals surface area contributed by atoms with Gasteiger partial charge in [-0.1, -0.05) is 6.08 Å². The molecule has 0 saturated carbocycles. The summed E-state index contributed by atoms with van der Waals surface area (Å²) in [5.41, 5.74) is 0. The second kappa shape index (κ2) is 3.90. The van der Waals surface area contributed by atoms with E-state index in [9.17, 15) is 9.59 Å². The molecule has 0 bridgehead atoms. The largest absolute Gasteiger partial charge is 0.464 e. The highest BCUT2D eigenvalue weighted by atomic mass is 16.5. The minimum atomic E-state index is -0.447. The molecule has 0 spiro atoms. The van der Waals surface area contributed by atoms with Crippen LogP contribution in [0, 0.1) is 0 Å². The molecule has 1 aliphatic heterocycles. The van der Waals surface area contributed by atoms with Crippen LogP contribution in [0.4, 0.5) is 0 Å². The highest BCUT2D eigenvalue weighted by Gasteiger charge is 2.27. The van der Waals surface area contributed by atoms with Crippen molar-refractivity contribution < 1.29 is 14.3 Å². The molecule has 1 heterocycles. The number of hydrogen-bond donors (Lipinski definition) is 1. The first kappa shape index (κ1) is 8.77. The number of rotatable bonds is 3. The molecule has 4 nitrogen and oxygen atoms in total. The molecule has 66 valence electrons. The number of carbonyl (C=O) groups is 2. The maximum atomic E-state index is 11.0. The molecule has 0 radical (unpaired) electrons. The van der Waals surface area contributed by atoms with Crippen LogP contribution in [0.5, 0.6) is 0 Å². The highest BCUT2D eigenvalue weighted by Crippen LogP contribution is 2.05. The van der Waals surface area contributed by atoms with Crippen molar-refractivity contribution in [1.29, 1.82) is 0 Å². The van der Waals surface area contributed by atoms with Crippen molar-refractivity contribution in [2.24, 2.45) is 0 Å². The van der Waals surface area contributed by atoms with E-state index in [4.69, 9.17) is 0 Å². The number of amides is 1. The zero-order valence-corrected chi connectivity index (χ0v) is 6.71. The van der Waals surface area contributed by atoms with E-state index in [0.717, 1.165) is 0 Å². The van der Waals surface area contributed by atoms with Crippen LogP contribution in [-0.2, 0) is 14.3 Å². The SMILES string of the molecule is C=CCC(=O)NC1CCOC1=O. The summed E-state index contributed by atoms with van der Waals surface area (Å²) in [4.78, 5) is 21.8. The van der Waals surface area contributed by atoms with Crippen LogP contribution in [0.25, 0.3) is 0 Å². The van der Waals surface area contributed by atoms with Gasteiger partial charge in [-0.2, -0.15) is 0 Å². The summed E-state index contributed by atoms with van der Waals surface area (Å²) in [6.45, 7) is 3.82. The Balaban J connectivity index is 2.34. The second-order valence-electron chi connectivity index (χ2n) is 2.57. The molecule has 12 heavy (non-hydrogen) atoms. The third-order valence-corrected chi connectivity index (χ3v) is 1.60. The quantitative estimate of drug-likeness (QED) is 0.477. The average molecular weight is 169 g/mol. The van der Waals surface area contributed by atoms with Gasteiger partial charge in [0.25, 0.3) is 0 Å². The first-order valence-electron chi connectivity index (χ1n) is 3.81. The second-order valence-corrected chi connectivity index (χ2v) is 2.57. The first-order chi connectivity index (χ1) is 5.74. The van der Waals surface area contributed by atoms with Crippen molar-refractivity contribution in [2.45, 2.75) is 18.9 Å². The van der Waals surface area contributed by atoms with Crippen LogP contribution < -0.4 is 5.32 Å². The smallest absolute Gasteiger partial charge is 0.328 e. The number of carbonyl (C=O) groups excluding carboxylic acids is 2. The number of esters is 1. The summed E-state index contributed by atoms with van der Waals surface area (Å²) in [6.07, 6.45) is 2.31. The van der Waals surface area contributed by atoms with E-state index >= 15 is 0 Å². The minimum Gasteiger partial charge on any atom is -0.464 e. The molecule has 1 saturated heterocycles. The third-order valence-electron chi connectivity index (χ3n) is 1.60. The number of hydrogen-bond acceptors (Lipinski definition) is 3. The van der Waals surface area contributed by atoms with Crippen LogP contribution in [-0.4, -0.2) is 24.5 Å². The van der Waals surface area contributed by atoms with Gasteiger partial charge in [-0.25, -0.2) is 4.79 Å². The molecule has 1 aliphatic rings. The van der Waals surface area contributed by atoms with Crippen molar-refractivity contribution in [2.75, 3.05) is 6.61 Å². The first-order valence-corrected chi connectivity index (χ1v) is 3.81. The van der Waals surface area contributed by atoms with Gasteiger partial charge < -0.3 is 10.1 Å². The summed E-state index contributed by atoms with van der Waals surface area (Å²) in [5.74, 6) is -0.527. The zero-order chi connectivity index (χ0) is 8.97. The maximum Gasteiger partial charge on any atom is 0.328 e. The summed E-state index contributed by atoms with van der Waals surface area (Å²) in [6, 6.07) is -0.447. The lowest BCUT2D eigenvalue weighted by atomic mass is 10.2. The van der Waals surface area contributed by atoms with Crippen molar-refractivity contribution >= 4 is 11.9 Å². The van der Waals surface area contributed by atoms with Crippen LogP contribution in [0.3, 0.4) is 0 Å². The number of ether oxygens (including phenoxy) is 1. The molecule has 0 aromatic heterocycles. The Morgan fingerprint density at radius 1 is 1.83 bits per heavy atom. The van der Waals surface area contributed by atoms with Crippen LogP contribution in [0.2, 0.25) is 0 Å². The minimum absolute atomic E-state index is 0.186. The van der Waals surface area contributed by atoms with E-state index < -0.39 is 6.04 Å². The van der Waals surface area contributed by atoms with E-state index in [1.54, 1.807) is 0 Å². The molecule has 0 aromatic rings. The Morgan fingerprint density at radius 2 is 2.58 bits per heavy atom. The Morgan fingerprint density at radius 3 is 3.08 bits per heavy atom. The molecular formula is C8H11NO3. The summed E-state index contributed by atoms with van der Waals surface area (Å²) < 4.78 is 4.66. The Kier molecular flexibility index (Phi) is 2.85. The molecule has 1 unspecified atom stereocenters. The van der Waals surface area contributed by atoms with Crippen molar-refractivity contribution in [3.05, 3.63) is 12.7 Å². The van der Waals surface area contributed by atoms with E-state index in [2.05, 4.69) is 16.6 Å². The highest BCUT2D eigenvalue weighted by molar-refractivity contribution is 5.85. The van der Waals surface area contributed by atoms with Crippen LogP contribution in [0.15, 0.2) is 12.7 Å². The molecule has 0 aliphatic carbocycles. The number of nitrogens with one attached hydrogen (secondary N) is 1. The van der Waals surface area contributed by atoms with Crippen molar-refractivity contribution in [1.82, 2.24) is 5.32 Å². The molecule has 4 heteroatoms. The average Bonchev–Trinajstić information content (AvgIpc) is 2.37. The predicted molar refractivity (Wildman–Crippen MR) is 42.3 cm³/mol. The zero-order valence-electron chi connectivity index (χ0n) is 6.71. The van der Waals surface area contributed by atoms with Gasteiger partial charge in [-0.15, -0.1) is 6.58 Å². The van der Waals surface area contributed by atoms with Crippen LogP contribution >= 0.6 is 0 Å². The van der Waals surface area contributed by atoms with Crippen molar-refractivity contribution in [3.8, 4) is 0 Å². The monoisotopic (exact) mass is 169 g/mol. The van der Waals surface area contributed by atoms with Gasteiger partial charge in [0.05, 0.1) is 6.61 Å². The van der Waals surface area contributed by atoms with Gasteiger partial charge in [-0.05, 0) is 0 Å². The van der Waals surface area contributed by atoms with Gasteiger partial charge in [-0.3, -0.25) is 4.79 Å². The van der Waals surface area contributed by atoms with E-state index in [-0.39, 0.29) is 18.3 Å². The molecule has 1 amide bonds. The predicted octanol–water partition coefficient (Wildman–Crippen LogP) is -0.00580. The standard InChI is InChI=1S/C8H11NO3/c1-2-3-7(10)9-6-4-5-12-8(6)11/h2,6H,1,3-5H2,(H,9,10). The molecular weight excluding hydrogens is 158 g/mol. The molecule has 1 fully saturated rings. The molecule has 1 atom stereocenters. The van der Waals surface area contributed by atoms with Gasteiger partial charge in [0.15, 0.2) is 0 Å². The fraction of sp³-hybridized carbons (Fsp3) is 0.500. The summed E-state index contributed by atoms with van der Waals surface area (Å²) >= 11 is 0. The van der Waals surface area contributed by atoms with Gasteiger partial charge in [0.1, 0.15) is 6.04 Å². The van der Waals surface area contributed by atoms with Crippen molar-refractivity contribution in [3.63, 3.8) is 0 Å². The van der Waals surface area contributed by atoms with E-state index in [1.165, 1.54) is 6.08 Å². The lowest BCUT2D eigenvalue weighted by Crippen LogP contribution is -2.37. The lowest BCUT2D eigenvalue weighted by molar-refractivity contribution is -0.141. The van der Waals surface area contributed by atoms with E-state index in [1.807, 2.05) is 0 Å². The Labute approximate surface area is 70.6 Å². The fourth-order valence-corrected chi connectivity index (χ4v) is 1.01. The summed E-state index contributed by atoms with van der Waals surface area (Å²) in [5, 5.41) is 2.54. The van der Waals surface area contributed by atoms with Gasteiger partial charge >= 0.3 is 5.97 Å². The topological polar surface area (TPSA) is 55.4 Å². The molecule has 1 N–H and O–H groups in total. The number of cyclic esters (lactones) is 1. The third kappa shape index (κ3) is 2.08.